The summed E-state index contributed by atoms with van der Waals surface area (Å²) in [5.74, 6) is 0.780. The molecule has 2 rings (SSSR count). The van der Waals surface area contributed by atoms with Gasteiger partial charge in [0.1, 0.15) is 5.82 Å². The second-order valence-corrected chi connectivity index (χ2v) is 3.69. The number of nitrogens with zero attached hydrogens (tertiary/aromatic N) is 1. The van der Waals surface area contributed by atoms with Crippen molar-refractivity contribution in [1.82, 2.24) is 10.2 Å². The summed E-state index contributed by atoms with van der Waals surface area (Å²) in [4.78, 5) is 2.26. The maximum Gasteiger partial charge on any atom is 0.121 e. The maximum absolute atomic E-state index is 5.94. The summed E-state index contributed by atoms with van der Waals surface area (Å²) >= 11 is 0. The molecule has 4 heteroatoms. The van der Waals surface area contributed by atoms with Gasteiger partial charge in [-0.2, -0.15) is 0 Å². The molecule has 2 aliphatic rings. The highest BCUT2D eigenvalue weighted by molar-refractivity contribution is 5.28. The minimum absolute atomic E-state index is 0.333. The fourth-order valence-electron chi connectivity index (χ4n) is 1.77. The molecule has 0 aliphatic carbocycles. The zero-order chi connectivity index (χ0) is 9.97. The smallest absolute Gasteiger partial charge is 0.121 e. The fraction of sp³-hybridized carbons (Fsp3) is 0.600. The van der Waals surface area contributed by atoms with Gasteiger partial charge in [0.2, 0.25) is 0 Å². The summed E-state index contributed by atoms with van der Waals surface area (Å²) in [5, 5.41) is 3.21. The molecule has 0 aromatic carbocycles. The Labute approximate surface area is 84.4 Å². The van der Waals surface area contributed by atoms with Crippen LogP contribution in [0.25, 0.3) is 0 Å². The molecule has 14 heavy (non-hydrogen) atoms. The highest BCUT2D eigenvalue weighted by atomic mass is 16.5. The van der Waals surface area contributed by atoms with Gasteiger partial charge in [0, 0.05) is 19.1 Å². The first-order valence-corrected chi connectivity index (χ1v) is 5.04. The first-order chi connectivity index (χ1) is 6.77. The van der Waals surface area contributed by atoms with E-state index in [0.29, 0.717) is 6.04 Å². The Morgan fingerprint density at radius 1 is 1.50 bits per heavy atom. The van der Waals surface area contributed by atoms with Crippen molar-refractivity contribution < 1.29 is 4.74 Å². The van der Waals surface area contributed by atoms with Crippen LogP contribution in [0, 0.1) is 0 Å². The van der Waals surface area contributed by atoms with Gasteiger partial charge in [-0.15, -0.1) is 0 Å². The average Bonchev–Trinajstić information content (AvgIpc) is 2.19. The number of ether oxygens (including phenoxy) is 1. The van der Waals surface area contributed by atoms with Gasteiger partial charge in [-0.3, -0.25) is 0 Å². The normalized spacial score (nSPS) is 27.8. The van der Waals surface area contributed by atoms with Crippen molar-refractivity contribution in [1.29, 1.82) is 0 Å². The molecule has 0 bridgehead atoms. The summed E-state index contributed by atoms with van der Waals surface area (Å²) in [5.41, 5.74) is 7.04. The van der Waals surface area contributed by atoms with Gasteiger partial charge in [-0.05, 0) is 13.0 Å². The topological polar surface area (TPSA) is 50.5 Å². The van der Waals surface area contributed by atoms with Gasteiger partial charge in [-0.1, -0.05) is 6.08 Å². The molecular formula is C10H17N3O. The van der Waals surface area contributed by atoms with E-state index in [0.717, 1.165) is 37.8 Å². The van der Waals surface area contributed by atoms with Crippen LogP contribution < -0.4 is 11.1 Å². The Morgan fingerprint density at radius 3 is 2.86 bits per heavy atom. The third kappa shape index (κ3) is 1.85. The van der Waals surface area contributed by atoms with E-state index >= 15 is 0 Å². The molecule has 2 aliphatic heterocycles. The average molecular weight is 195 g/mol. The van der Waals surface area contributed by atoms with Gasteiger partial charge < -0.3 is 20.7 Å². The summed E-state index contributed by atoms with van der Waals surface area (Å²) in [6, 6.07) is 0.333. The SMILES string of the molecule is CC1C=CC(N2CCOCC2)=C(N)N1. The van der Waals surface area contributed by atoms with Crippen LogP contribution in [0.1, 0.15) is 6.92 Å². The van der Waals surface area contributed by atoms with Crippen LogP contribution >= 0.6 is 0 Å². The molecule has 1 atom stereocenters. The lowest BCUT2D eigenvalue weighted by atomic mass is 10.2. The standard InChI is InChI=1S/C10H17N3O/c1-8-2-3-9(10(11)12-8)13-4-6-14-7-5-13/h2-3,8,12H,4-7,11H2,1H3. The number of allylic oxidation sites excluding steroid dienone is 1. The van der Waals surface area contributed by atoms with Gasteiger partial charge in [0.25, 0.3) is 0 Å². The molecule has 0 aromatic heterocycles. The molecule has 2 heterocycles. The van der Waals surface area contributed by atoms with Crippen LogP contribution in [0.2, 0.25) is 0 Å². The lowest BCUT2D eigenvalue weighted by Crippen LogP contribution is -2.41. The lowest BCUT2D eigenvalue weighted by molar-refractivity contribution is 0.0544. The number of dihydropyridines is 1. The monoisotopic (exact) mass is 195 g/mol. The van der Waals surface area contributed by atoms with Gasteiger partial charge in [0.15, 0.2) is 0 Å². The third-order valence-corrected chi connectivity index (χ3v) is 2.55. The number of nitrogens with one attached hydrogen (secondary N) is 1. The van der Waals surface area contributed by atoms with E-state index in [4.69, 9.17) is 10.5 Å². The van der Waals surface area contributed by atoms with Crippen LogP contribution in [0.4, 0.5) is 0 Å². The molecule has 0 spiro atoms. The summed E-state index contributed by atoms with van der Waals surface area (Å²) in [6.07, 6.45) is 4.23. The van der Waals surface area contributed by atoms with Gasteiger partial charge in [-0.25, -0.2) is 0 Å². The first-order valence-electron chi connectivity index (χ1n) is 5.04. The van der Waals surface area contributed by atoms with Crippen molar-refractivity contribution in [3.05, 3.63) is 23.7 Å². The molecule has 0 amide bonds. The van der Waals surface area contributed by atoms with E-state index in [1.165, 1.54) is 0 Å². The zero-order valence-corrected chi connectivity index (χ0v) is 8.49. The van der Waals surface area contributed by atoms with E-state index in [9.17, 15) is 0 Å². The summed E-state index contributed by atoms with van der Waals surface area (Å²) in [6.45, 7) is 5.52. The van der Waals surface area contributed by atoms with Crippen molar-refractivity contribution >= 4 is 0 Å². The minimum Gasteiger partial charge on any atom is -0.384 e. The molecular weight excluding hydrogens is 178 g/mol. The van der Waals surface area contributed by atoms with Crippen molar-refractivity contribution in [2.45, 2.75) is 13.0 Å². The molecule has 0 aromatic rings. The van der Waals surface area contributed by atoms with Crippen LogP contribution in [0.3, 0.4) is 0 Å². The van der Waals surface area contributed by atoms with E-state index in [1.54, 1.807) is 0 Å². The van der Waals surface area contributed by atoms with Crippen LogP contribution in [-0.4, -0.2) is 37.2 Å². The van der Waals surface area contributed by atoms with Crippen molar-refractivity contribution in [3.63, 3.8) is 0 Å². The second kappa shape index (κ2) is 3.92. The fourth-order valence-corrected chi connectivity index (χ4v) is 1.77. The van der Waals surface area contributed by atoms with Gasteiger partial charge >= 0.3 is 0 Å². The highest BCUT2D eigenvalue weighted by Gasteiger charge is 2.17. The Hall–Kier alpha value is -1.16. The van der Waals surface area contributed by atoms with Crippen molar-refractivity contribution in [2.24, 2.45) is 5.73 Å². The number of nitrogens with two attached hydrogens (primary N) is 1. The van der Waals surface area contributed by atoms with E-state index < -0.39 is 0 Å². The number of hydrogen-bond acceptors (Lipinski definition) is 4. The predicted octanol–water partition coefficient (Wildman–Crippen LogP) is -0.00570. The van der Waals surface area contributed by atoms with E-state index in [2.05, 4.69) is 29.3 Å². The number of rotatable bonds is 1. The molecule has 78 valence electrons. The Bertz CT molecular complexity index is 267. The van der Waals surface area contributed by atoms with Crippen LogP contribution in [0.5, 0.6) is 0 Å². The number of hydrogen-bond donors (Lipinski definition) is 2. The van der Waals surface area contributed by atoms with Crippen molar-refractivity contribution in [3.8, 4) is 0 Å². The Morgan fingerprint density at radius 2 is 2.21 bits per heavy atom. The predicted molar refractivity (Wildman–Crippen MR) is 55.3 cm³/mol. The quantitative estimate of drug-likeness (QED) is 0.618. The minimum atomic E-state index is 0.333. The number of morpholine rings is 1. The highest BCUT2D eigenvalue weighted by Crippen LogP contribution is 2.14. The molecule has 0 radical (unpaired) electrons. The van der Waals surface area contributed by atoms with Gasteiger partial charge in [0.05, 0.1) is 18.9 Å². The Kier molecular flexibility index (Phi) is 2.63. The second-order valence-electron chi connectivity index (χ2n) is 3.69. The van der Waals surface area contributed by atoms with E-state index in [-0.39, 0.29) is 0 Å². The third-order valence-electron chi connectivity index (χ3n) is 2.55. The molecule has 1 saturated heterocycles. The van der Waals surface area contributed by atoms with Crippen LogP contribution in [-0.2, 0) is 4.74 Å². The molecule has 4 nitrogen and oxygen atoms in total. The molecule has 1 fully saturated rings. The van der Waals surface area contributed by atoms with Crippen LogP contribution in [0.15, 0.2) is 23.7 Å². The summed E-state index contributed by atoms with van der Waals surface area (Å²) < 4.78 is 5.30. The Balaban J connectivity index is 2.09. The first kappa shape index (κ1) is 9.40. The molecule has 3 N–H and O–H groups in total. The lowest BCUT2D eigenvalue weighted by Gasteiger charge is -2.33. The van der Waals surface area contributed by atoms with Crippen molar-refractivity contribution in [2.75, 3.05) is 26.3 Å². The molecule has 1 unspecified atom stereocenters. The zero-order valence-electron chi connectivity index (χ0n) is 8.49. The largest absolute Gasteiger partial charge is 0.384 e. The van der Waals surface area contributed by atoms with E-state index in [1.807, 2.05) is 0 Å². The summed E-state index contributed by atoms with van der Waals surface area (Å²) in [7, 11) is 0. The molecule has 0 saturated carbocycles. The maximum atomic E-state index is 5.94.